The average Bonchev–Trinajstić information content (AvgIpc) is 2.70. The summed E-state index contributed by atoms with van der Waals surface area (Å²) in [5, 5.41) is 3.02. The maximum absolute atomic E-state index is 13.4. The van der Waals surface area contributed by atoms with E-state index in [4.69, 9.17) is 5.73 Å². The number of carbonyl (C=O) groups is 1. The van der Waals surface area contributed by atoms with E-state index in [1.807, 2.05) is 0 Å². The molecule has 1 amide bonds. The molecule has 0 aliphatic rings. The van der Waals surface area contributed by atoms with Crippen molar-refractivity contribution in [3.05, 3.63) is 39.8 Å². The first kappa shape index (κ1) is 12.4. The summed E-state index contributed by atoms with van der Waals surface area (Å²) in [7, 11) is 0. The van der Waals surface area contributed by atoms with E-state index in [0.717, 1.165) is 6.07 Å². The highest BCUT2D eigenvalue weighted by atomic mass is 32.1. The molecule has 2 rings (SSSR count). The summed E-state index contributed by atoms with van der Waals surface area (Å²) in [6.45, 7) is 1.74. The summed E-state index contributed by atoms with van der Waals surface area (Å²) in [5.74, 6) is -2.24. The van der Waals surface area contributed by atoms with Crippen molar-refractivity contribution in [2.45, 2.75) is 6.92 Å². The Balaban J connectivity index is 2.27. The van der Waals surface area contributed by atoms with Gasteiger partial charge in [0.1, 0.15) is 16.4 Å². The monoisotopic (exact) mass is 269 g/mol. The third-order valence-electron chi connectivity index (χ3n) is 2.17. The molecule has 0 saturated carbocycles. The van der Waals surface area contributed by atoms with Crippen LogP contribution in [-0.4, -0.2) is 10.9 Å². The van der Waals surface area contributed by atoms with Gasteiger partial charge in [-0.1, -0.05) is 0 Å². The van der Waals surface area contributed by atoms with E-state index in [1.165, 1.54) is 17.5 Å². The predicted octanol–water partition coefficient (Wildman–Crippen LogP) is 2.56. The Morgan fingerprint density at radius 1 is 1.44 bits per heavy atom. The van der Waals surface area contributed by atoms with Crippen molar-refractivity contribution in [3.8, 4) is 0 Å². The first-order valence-electron chi connectivity index (χ1n) is 4.95. The van der Waals surface area contributed by atoms with Gasteiger partial charge >= 0.3 is 0 Å². The fraction of sp³-hybridized carbons (Fsp3) is 0.0909. The SMILES string of the molecule is Cc1ncc(C(=O)Nc2c(N)cc(F)cc2F)s1. The minimum atomic E-state index is -0.915. The van der Waals surface area contributed by atoms with Gasteiger partial charge in [-0.15, -0.1) is 11.3 Å². The van der Waals surface area contributed by atoms with E-state index in [0.29, 0.717) is 16.0 Å². The molecular formula is C11H9F2N3OS. The van der Waals surface area contributed by atoms with Crippen molar-refractivity contribution in [2.75, 3.05) is 11.1 Å². The van der Waals surface area contributed by atoms with Gasteiger partial charge in [-0.25, -0.2) is 13.8 Å². The molecule has 0 atom stereocenters. The third kappa shape index (κ3) is 2.45. The lowest BCUT2D eigenvalue weighted by Crippen LogP contribution is -2.13. The molecule has 0 aliphatic carbocycles. The number of hydrogen-bond acceptors (Lipinski definition) is 4. The number of halogens is 2. The average molecular weight is 269 g/mol. The first-order valence-corrected chi connectivity index (χ1v) is 5.77. The van der Waals surface area contributed by atoms with Crippen LogP contribution in [0.5, 0.6) is 0 Å². The Bertz CT molecular complexity index is 589. The van der Waals surface area contributed by atoms with E-state index in [1.54, 1.807) is 6.92 Å². The molecule has 0 fully saturated rings. The number of aromatic nitrogens is 1. The lowest BCUT2D eigenvalue weighted by atomic mass is 10.2. The van der Waals surface area contributed by atoms with Gasteiger partial charge in [-0.3, -0.25) is 4.79 Å². The number of thiazole rings is 1. The number of benzene rings is 1. The largest absolute Gasteiger partial charge is 0.397 e. The van der Waals surface area contributed by atoms with Crippen LogP contribution in [0.2, 0.25) is 0 Å². The summed E-state index contributed by atoms with van der Waals surface area (Å²) < 4.78 is 26.3. The van der Waals surface area contributed by atoms with Crippen molar-refractivity contribution in [3.63, 3.8) is 0 Å². The van der Waals surface area contributed by atoms with Gasteiger partial charge in [0.2, 0.25) is 0 Å². The van der Waals surface area contributed by atoms with E-state index >= 15 is 0 Å². The highest BCUT2D eigenvalue weighted by Gasteiger charge is 2.15. The van der Waals surface area contributed by atoms with Gasteiger partial charge in [0.05, 0.1) is 16.9 Å². The molecule has 1 heterocycles. The van der Waals surface area contributed by atoms with Crippen LogP contribution >= 0.6 is 11.3 Å². The zero-order valence-corrected chi connectivity index (χ0v) is 10.1. The van der Waals surface area contributed by atoms with Crippen molar-refractivity contribution >= 4 is 28.6 Å². The number of amides is 1. The summed E-state index contributed by atoms with van der Waals surface area (Å²) in [5.41, 5.74) is 5.05. The lowest BCUT2D eigenvalue weighted by Gasteiger charge is -2.08. The number of aryl methyl sites for hydroxylation is 1. The van der Waals surface area contributed by atoms with E-state index in [9.17, 15) is 13.6 Å². The van der Waals surface area contributed by atoms with Gasteiger partial charge in [0, 0.05) is 6.07 Å². The number of nitrogens with zero attached hydrogens (tertiary/aromatic N) is 1. The summed E-state index contributed by atoms with van der Waals surface area (Å²) in [6.07, 6.45) is 1.38. The Morgan fingerprint density at radius 3 is 2.72 bits per heavy atom. The summed E-state index contributed by atoms with van der Waals surface area (Å²) >= 11 is 1.17. The molecule has 0 bridgehead atoms. The van der Waals surface area contributed by atoms with Crippen LogP contribution in [0.25, 0.3) is 0 Å². The molecule has 0 radical (unpaired) electrons. The molecule has 0 unspecified atom stereocenters. The molecule has 1 aromatic heterocycles. The summed E-state index contributed by atoms with van der Waals surface area (Å²) in [4.78, 5) is 16.0. The molecule has 7 heteroatoms. The fourth-order valence-electron chi connectivity index (χ4n) is 1.37. The number of rotatable bonds is 2. The Labute approximate surface area is 105 Å². The molecule has 0 saturated heterocycles. The molecule has 0 aliphatic heterocycles. The van der Waals surface area contributed by atoms with Crippen molar-refractivity contribution in [2.24, 2.45) is 0 Å². The maximum atomic E-state index is 13.4. The zero-order valence-electron chi connectivity index (χ0n) is 9.33. The molecular weight excluding hydrogens is 260 g/mol. The number of hydrogen-bond donors (Lipinski definition) is 2. The first-order chi connectivity index (χ1) is 8.47. The van der Waals surface area contributed by atoms with Crippen LogP contribution in [0.15, 0.2) is 18.3 Å². The van der Waals surface area contributed by atoms with Crippen LogP contribution in [0, 0.1) is 18.6 Å². The molecule has 4 nitrogen and oxygen atoms in total. The minimum absolute atomic E-state index is 0.165. The second kappa shape index (κ2) is 4.69. The van der Waals surface area contributed by atoms with Gasteiger partial charge in [-0.05, 0) is 13.0 Å². The van der Waals surface area contributed by atoms with Crippen LogP contribution in [-0.2, 0) is 0 Å². The Hall–Kier alpha value is -2.02. The van der Waals surface area contributed by atoms with Crippen LogP contribution in [0.4, 0.5) is 20.2 Å². The zero-order chi connectivity index (χ0) is 13.3. The van der Waals surface area contributed by atoms with Gasteiger partial charge in [-0.2, -0.15) is 0 Å². The van der Waals surface area contributed by atoms with Gasteiger partial charge in [0.25, 0.3) is 5.91 Å². The van der Waals surface area contributed by atoms with Gasteiger partial charge < -0.3 is 11.1 Å². The number of nitrogens with one attached hydrogen (secondary N) is 1. The number of nitrogen functional groups attached to an aromatic ring is 1. The second-order valence-electron chi connectivity index (χ2n) is 3.55. The maximum Gasteiger partial charge on any atom is 0.267 e. The Morgan fingerprint density at radius 2 is 2.17 bits per heavy atom. The molecule has 94 valence electrons. The molecule has 18 heavy (non-hydrogen) atoms. The molecule has 0 spiro atoms. The topological polar surface area (TPSA) is 68.0 Å². The number of carbonyl (C=O) groups excluding carboxylic acids is 1. The van der Waals surface area contributed by atoms with Gasteiger partial charge in [0.15, 0.2) is 5.82 Å². The van der Waals surface area contributed by atoms with E-state index < -0.39 is 17.5 Å². The normalized spacial score (nSPS) is 10.4. The molecule has 2 aromatic rings. The summed E-state index contributed by atoms with van der Waals surface area (Å²) in [6, 6.07) is 1.60. The van der Waals surface area contributed by atoms with Crippen molar-refractivity contribution < 1.29 is 13.6 Å². The Kier molecular flexibility index (Phi) is 3.24. The van der Waals surface area contributed by atoms with E-state index in [2.05, 4.69) is 10.3 Å². The van der Waals surface area contributed by atoms with Crippen LogP contribution in [0.1, 0.15) is 14.7 Å². The van der Waals surface area contributed by atoms with Crippen molar-refractivity contribution in [1.29, 1.82) is 0 Å². The van der Waals surface area contributed by atoms with E-state index in [-0.39, 0.29) is 11.4 Å². The standard InChI is InChI=1S/C11H9F2N3OS/c1-5-15-4-9(18-5)11(17)16-10-7(13)2-6(12)3-8(10)14/h2-4H,14H2,1H3,(H,16,17). The highest BCUT2D eigenvalue weighted by molar-refractivity contribution is 7.13. The number of nitrogens with two attached hydrogens (primary N) is 1. The predicted molar refractivity (Wildman–Crippen MR) is 65.6 cm³/mol. The molecule has 3 N–H and O–H groups in total. The quantitative estimate of drug-likeness (QED) is 0.823. The second-order valence-corrected chi connectivity index (χ2v) is 4.78. The minimum Gasteiger partial charge on any atom is -0.397 e. The van der Waals surface area contributed by atoms with Crippen LogP contribution < -0.4 is 11.1 Å². The lowest BCUT2D eigenvalue weighted by molar-refractivity contribution is 0.103. The third-order valence-corrected chi connectivity index (χ3v) is 3.08. The van der Waals surface area contributed by atoms with Crippen molar-refractivity contribution in [1.82, 2.24) is 4.98 Å². The molecule has 1 aromatic carbocycles. The fourth-order valence-corrected chi connectivity index (χ4v) is 2.04. The van der Waals surface area contributed by atoms with Crippen LogP contribution in [0.3, 0.4) is 0 Å². The highest BCUT2D eigenvalue weighted by Crippen LogP contribution is 2.25. The number of anilines is 2. The smallest absolute Gasteiger partial charge is 0.267 e.